The van der Waals surface area contributed by atoms with Gasteiger partial charge < -0.3 is 9.30 Å². The molecule has 1 saturated heterocycles. The Balaban J connectivity index is 1.74. The van der Waals surface area contributed by atoms with Crippen molar-refractivity contribution in [3.8, 4) is 0 Å². The van der Waals surface area contributed by atoms with E-state index in [1.807, 2.05) is 0 Å². The van der Waals surface area contributed by atoms with Gasteiger partial charge in [-0.25, -0.2) is 4.98 Å². The van der Waals surface area contributed by atoms with Crippen molar-refractivity contribution >= 4 is 5.65 Å². The largest absolute Gasteiger partial charge is 0.304 e. The summed E-state index contributed by atoms with van der Waals surface area (Å²) in [6.45, 7) is 9.23. The van der Waals surface area contributed by atoms with Crippen molar-refractivity contribution in [3.63, 3.8) is 0 Å². The smallest absolute Gasteiger partial charge is 0.137 e. The summed E-state index contributed by atoms with van der Waals surface area (Å²) < 4.78 is 2.21. The van der Waals surface area contributed by atoms with E-state index >= 15 is 0 Å². The monoisotopic (exact) mass is 271 g/mol. The number of pyridine rings is 1. The lowest BCUT2D eigenvalue weighted by Gasteiger charge is -2.35. The predicted octanol–water partition coefficient (Wildman–Crippen LogP) is 3.31. The van der Waals surface area contributed by atoms with Gasteiger partial charge in [-0.15, -0.1) is 0 Å². The van der Waals surface area contributed by atoms with E-state index in [2.05, 4.69) is 54.5 Å². The molecule has 108 valence electrons. The molecule has 1 aliphatic rings. The highest BCUT2D eigenvalue weighted by molar-refractivity contribution is 5.41. The molecule has 0 aromatic carbocycles. The second-order valence-corrected chi connectivity index (χ2v) is 6.43. The second-order valence-electron chi connectivity index (χ2n) is 6.43. The SMILES string of the molecule is Cc1cccc2nc(CC3CCCN(C(C)C)C3)cn12. The fraction of sp³-hybridized carbons (Fsp3) is 0.588. The molecule has 3 rings (SSSR count). The van der Waals surface area contributed by atoms with E-state index in [0.29, 0.717) is 6.04 Å². The van der Waals surface area contributed by atoms with Crippen LogP contribution < -0.4 is 0 Å². The molecule has 0 N–H and O–H groups in total. The lowest BCUT2D eigenvalue weighted by molar-refractivity contribution is 0.139. The Morgan fingerprint density at radius 2 is 2.20 bits per heavy atom. The van der Waals surface area contributed by atoms with Crippen LogP contribution in [0.15, 0.2) is 24.4 Å². The number of imidazole rings is 1. The molecule has 0 saturated carbocycles. The molecule has 0 amide bonds. The van der Waals surface area contributed by atoms with Gasteiger partial charge in [0.15, 0.2) is 0 Å². The van der Waals surface area contributed by atoms with Crippen LogP contribution in [0.5, 0.6) is 0 Å². The quantitative estimate of drug-likeness (QED) is 0.854. The van der Waals surface area contributed by atoms with Crippen LogP contribution in [0.1, 0.15) is 38.1 Å². The minimum Gasteiger partial charge on any atom is -0.304 e. The fourth-order valence-electron chi connectivity index (χ4n) is 3.33. The normalized spacial score (nSPS) is 20.9. The summed E-state index contributed by atoms with van der Waals surface area (Å²) in [7, 11) is 0. The van der Waals surface area contributed by atoms with E-state index in [1.165, 1.54) is 37.3 Å². The van der Waals surface area contributed by atoms with Gasteiger partial charge in [-0.3, -0.25) is 0 Å². The Labute approximate surface area is 121 Å². The zero-order chi connectivity index (χ0) is 14.1. The predicted molar refractivity (Wildman–Crippen MR) is 83.1 cm³/mol. The van der Waals surface area contributed by atoms with Gasteiger partial charge in [-0.1, -0.05) is 6.07 Å². The number of aryl methyl sites for hydroxylation is 1. The van der Waals surface area contributed by atoms with Crippen molar-refractivity contribution in [2.75, 3.05) is 13.1 Å². The van der Waals surface area contributed by atoms with E-state index in [-0.39, 0.29) is 0 Å². The summed E-state index contributed by atoms with van der Waals surface area (Å²) in [4.78, 5) is 7.39. The van der Waals surface area contributed by atoms with E-state index in [4.69, 9.17) is 4.98 Å². The average Bonchev–Trinajstić information content (AvgIpc) is 2.83. The Kier molecular flexibility index (Phi) is 3.79. The molecule has 3 heterocycles. The molecule has 3 heteroatoms. The van der Waals surface area contributed by atoms with Crippen LogP contribution in [0.25, 0.3) is 5.65 Å². The standard InChI is InChI=1S/C17H25N3/c1-13(2)19-9-5-7-15(11-19)10-16-12-20-14(3)6-4-8-17(20)18-16/h4,6,8,12-13,15H,5,7,9-11H2,1-3H3. The Hall–Kier alpha value is -1.35. The summed E-state index contributed by atoms with van der Waals surface area (Å²) in [6.07, 6.45) is 6.01. The molecule has 0 radical (unpaired) electrons. The number of nitrogens with zero attached hydrogens (tertiary/aromatic N) is 3. The van der Waals surface area contributed by atoms with E-state index in [0.717, 1.165) is 18.0 Å². The number of aromatic nitrogens is 2. The highest BCUT2D eigenvalue weighted by Crippen LogP contribution is 2.22. The minimum atomic E-state index is 0.668. The van der Waals surface area contributed by atoms with E-state index < -0.39 is 0 Å². The Bertz CT molecular complexity index is 585. The highest BCUT2D eigenvalue weighted by Gasteiger charge is 2.22. The van der Waals surface area contributed by atoms with Crippen LogP contribution in [0.2, 0.25) is 0 Å². The van der Waals surface area contributed by atoms with Gasteiger partial charge in [0.25, 0.3) is 0 Å². The van der Waals surface area contributed by atoms with E-state index in [1.54, 1.807) is 0 Å². The molecule has 0 spiro atoms. The van der Waals surface area contributed by atoms with Crippen LogP contribution in [-0.2, 0) is 6.42 Å². The molecule has 2 aromatic rings. The van der Waals surface area contributed by atoms with Gasteiger partial charge in [-0.05, 0) is 64.6 Å². The summed E-state index contributed by atoms with van der Waals surface area (Å²) in [5.41, 5.74) is 3.58. The number of likely N-dealkylation sites (tertiary alicyclic amines) is 1. The second kappa shape index (κ2) is 5.57. The first kappa shape index (κ1) is 13.6. The molecule has 1 atom stereocenters. The number of hydrogen-bond acceptors (Lipinski definition) is 2. The molecule has 1 unspecified atom stereocenters. The van der Waals surface area contributed by atoms with Crippen LogP contribution in [0.4, 0.5) is 0 Å². The highest BCUT2D eigenvalue weighted by atomic mass is 15.2. The summed E-state index contributed by atoms with van der Waals surface area (Å²) >= 11 is 0. The van der Waals surface area contributed by atoms with Crippen molar-refractivity contribution in [3.05, 3.63) is 35.8 Å². The van der Waals surface area contributed by atoms with Gasteiger partial charge in [-0.2, -0.15) is 0 Å². The first-order valence-corrected chi connectivity index (χ1v) is 7.81. The lowest BCUT2D eigenvalue weighted by atomic mass is 9.93. The minimum absolute atomic E-state index is 0.668. The molecule has 0 bridgehead atoms. The summed E-state index contributed by atoms with van der Waals surface area (Å²) in [6, 6.07) is 6.99. The number of hydrogen-bond donors (Lipinski definition) is 0. The van der Waals surface area contributed by atoms with Crippen molar-refractivity contribution < 1.29 is 0 Å². The maximum absolute atomic E-state index is 4.78. The van der Waals surface area contributed by atoms with Crippen molar-refractivity contribution in [2.45, 2.75) is 46.1 Å². The fourth-order valence-corrected chi connectivity index (χ4v) is 3.33. The first-order valence-electron chi connectivity index (χ1n) is 7.81. The topological polar surface area (TPSA) is 20.5 Å². The summed E-state index contributed by atoms with van der Waals surface area (Å²) in [5.74, 6) is 0.761. The van der Waals surface area contributed by atoms with Gasteiger partial charge in [0.2, 0.25) is 0 Å². The summed E-state index contributed by atoms with van der Waals surface area (Å²) in [5, 5.41) is 0. The van der Waals surface area contributed by atoms with Crippen LogP contribution in [-0.4, -0.2) is 33.4 Å². The molecule has 2 aromatic heterocycles. The lowest BCUT2D eigenvalue weighted by Crippen LogP contribution is -2.40. The van der Waals surface area contributed by atoms with Crippen LogP contribution in [0, 0.1) is 12.8 Å². The van der Waals surface area contributed by atoms with Crippen molar-refractivity contribution in [1.82, 2.24) is 14.3 Å². The zero-order valence-corrected chi connectivity index (χ0v) is 12.8. The Morgan fingerprint density at radius 3 is 2.95 bits per heavy atom. The third kappa shape index (κ3) is 2.73. The molecular formula is C17H25N3. The number of piperidine rings is 1. The average molecular weight is 271 g/mol. The van der Waals surface area contributed by atoms with Gasteiger partial charge in [0.1, 0.15) is 5.65 Å². The van der Waals surface area contributed by atoms with Gasteiger partial charge in [0, 0.05) is 24.5 Å². The van der Waals surface area contributed by atoms with Gasteiger partial charge >= 0.3 is 0 Å². The van der Waals surface area contributed by atoms with Crippen LogP contribution in [0.3, 0.4) is 0 Å². The molecule has 1 aliphatic heterocycles. The first-order chi connectivity index (χ1) is 9.63. The van der Waals surface area contributed by atoms with Crippen molar-refractivity contribution in [2.24, 2.45) is 5.92 Å². The third-order valence-corrected chi connectivity index (χ3v) is 4.52. The zero-order valence-electron chi connectivity index (χ0n) is 12.8. The van der Waals surface area contributed by atoms with Gasteiger partial charge in [0.05, 0.1) is 5.69 Å². The van der Waals surface area contributed by atoms with Crippen LogP contribution >= 0.6 is 0 Å². The molecule has 3 nitrogen and oxygen atoms in total. The molecule has 1 fully saturated rings. The maximum atomic E-state index is 4.78. The maximum Gasteiger partial charge on any atom is 0.137 e. The molecule has 20 heavy (non-hydrogen) atoms. The number of rotatable bonds is 3. The molecule has 0 aliphatic carbocycles. The number of fused-ring (bicyclic) bond motifs is 1. The van der Waals surface area contributed by atoms with Crippen molar-refractivity contribution in [1.29, 1.82) is 0 Å². The Morgan fingerprint density at radius 1 is 1.35 bits per heavy atom. The third-order valence-electron chi connectivity index (χ3n) is 4.52. The van der Waals surface area contributed by atoms with E-state index in [9.17, 15) is 0 Å². The molecular weight excluding hydrogens is 246 g/mol.